The number of rotatable bonds is 4. The Morgan fingerprint density at radius 3 is 2.72 bits per heavy atom. The van der Waals surface area contributed by atoms with Gasteiger partial charge in [0.1, 0.15) is 29.1 Å². The van der Waals surface area contributed by atoms with E-state index in [1.165, 1.54) is 36.2 Å². The van der Waals surface area contributed by atoms with E-state index in [1.54, 1.807) is 18.5 Å². The van der Waals surface area contributed by atoms with Crippen molar-refractivity contribution in [2.45, 2.75) is 44.1 Å². The van der Waals surface area contributed by atoms with Crippen molar-refractivity contribution in [3.63, 3.8) is 0 Å². The third kappa shape index (κ3) is 3.52. The molecule has 2 aromatic heterocycles. The Bertz CT molecular complexity index is 1150. The van der Waals surface area contributed by atoms with Gasteiger partial charge in [0.05, 0.1) is 5.39 Å². The number of likely N-dealkylation sites (N-methyl/N-ethyl adjacent to an activating group) is 1. The molecule has 0 spiro atoms. The average Bonchev–Trinajstić information content (AvgIpc) is 3.18. The summed E-state index contributed by atoms with van der Waals surface area (Å²) in [5.41, 5.74) is 3.38. The predicted octanol–water partition coefficient (Wildman–Crippen LogP) is 3.52. The summed E-state index contributed by atoms with van der Waals surface area (Å²) in [6.07, 6.45) is 7.45. The van der Waals surface area contributed by atoms with Gasteiger partial charge in [0.25, 0.3) is 0 Å². The summed E-state index contributed by atoms with van der Waals surface area (Å²) in [5, 5.41) is 4.07. The van der Waals surface area contributed by atoms with Crippen molar-refractivity contribution < 1.29 is 9.18 Å². The summed E-state index contributed by atoms with van der Waals surface area (Å²) >= 11 is 0. The van der Waals surface area contributed by atoms with Gasteiger partial charge >= 0.3 is 0 Å². The average molecular weight is 437 g/mol. The zero-order chi connectivity index (χ0) is 22.3. The Hall–Kier alpha value is -3.00. The van der Waals surface area contributed by atoms with Gasteiger partial charge < -0.3 is 15.2 Å². The topological polar surface area (TPSA) is 77.2 Å². The van der Waals surface area contributed by atoms with Gasteiger partial charge in [-0.2, -0.15) is 0 Å². The second-order valence-electron chi connectivity index (χ2n) is 9.09. The molecule has 168 valence electrons. The predicted molar refractivity (Wildman–Crippen MR) is 123 cm³/mol. The minimum Gasteiger partial charge on any atom is -0.356 e. The highest BCUT2D eigenvalue weighted by atomic mass is 19.1. The fourth-order valence-electron chi connectivity index (χ4n) is 5.23. The maximum atomic E-state index is 13.6. The van der Waals surface area contributed by atoms with E-state index >= 15 is 0 Å². The zero-order valence-corrected chi connectivity index (χ0v) is 18.6. The van der Waals surface area contributed by atoms with Gasteiger partial charge in [0.2, 0.25) is 5.91 Å². The van der Waals surface area contributed by atoms with Crippen LogP contribution in [0.25, 0.3) is 11.0 Å². The fraction of sp³-hybridized carbons (Fsp3) is 0.458. The number of hydrogen-bond donors (Lipinski definition) is 2. The van der Waals surface area contributed by atoms with Crippen LogP contribution in [0.15, 0.2) is 30.6 Å². The Morgan fingerprint density at radius 2 is 1.97 bits per heavy atom. The number of carbonyl (C=O) groups is 1. The van der Waals surface area contributed by atoms with Crippen LogP contribution in [0.3, 0.4) is 0 Å². The Kier molecular flexibility index (Phi) is 5.33. The number of fused-ring (bicyclic) bond motifs is 3. The van der Waals surface area contributed by atoms with Crippen molar-refractivity contribution in [1.82, 2.24) is 19.9 Å². The second-order valence-corrected chi connectivity index (χ2v) is 9.09. The van der Waals surface area contributed by atoms with Crippen LogP contribution in [0.1, 0.15) is 36.9 Å². The van der Waals surface area contributed by atoms with Gasteiger partial charge in [-0.05, 0) is 76.4 Å². The number of anilines is 2. The molecule has 1 saturated heterocycles. The third-order valence-electron chi connectivity index (χ3n) is 7.12. The van der Waals surface area contributed by atoms with Crippen LogP contribution < -0.4 is 10.2 Å². The number of aromatic nitrogens is 3. The first-order valence-electron chi connectivity index (χ1n) is 11.3. The molecule has 1 aliphatic carbocycles. The van der Waals surface area contributed by atoms with E-state index in [0.29, 0.717) is 31.6 Å². The molecular weight excluding hydrogens is 407 g/mol. The second kappa shape index (κ2) is 8.16. The highest BCUT2D eigenvalue weighted by Gasteiger charge is 2.44. The molecule has 7 nitrogen and oxygen atoms in total. The number of piperidine rings is 1. The van der Waals surface area contributed by atoms with E-state index in [2.05, 4.69) is 25.2 Å². The smallest absolute Gasteiger partial charge is 0.245 e. The van der Waals surface area contributed by atoms with E-state index in [0.717, 1.165) is 29.7 Å². The van der Waals surface area contributed by atoms with Gasteiger partial charge in [-0.15, -0.1) is 0 Å². The van der Waals surface area contributed by atoms with Gasteiger partial charge in [-0.25, -0.2) is 14.4 Å². The SMILES string of the molecule is CN(C)C1(C(=O)Nc2cccc(F)c2)CCN(c2ncnc3[nH]c4c(c23)CCCC4)CC1. The first kappa shape index (κ1) is 20.9. The maximum Gasteiger partial charge on any atom is 0.245 e. The van der Waals surface area contributed by atoms with Crippen LogP contribution in [0.4, 0.5) is 15.9 Å². The summed E-state index contributed by atoms with van der Waals surface area (Å²) in [4.78, 5) is 30.2. The maximum absolute atomic E-state index is 13.6. The van der Waals surface area contributed by atoms with Crippen LogP contribution in [-0.4, -0.2) is 58.5 Å². The lowest BCUT2D eigenvalue weighted by atomic mass is 9.85. The number of hydrogen-bond acceptors (Lipinski definition) is 5. The molecule has 0 saturated carbocycles. The van der Waals surface area contributed by atoms with Gasteiger partial charge in [-0.3, -0.25) is 9.69 Å². The van der Waals surface area contributed by atoms with Gasteiger partial charge in [0.15, 0.2) is 0 Å². The molecule has 0 unspecified atom stereocenters. The Balaban J connectivity index is 1.39. The number of carbonyl (C=O) groups excluding carboxylic acids is 1. The summed E-state index contributed by atoms with van der Waals surface area (Å²) < 4.78 is 13.6. The summed E-state index contributed by atoms with van der Waals surface area (Å²) in [7, 11) is 3.87. The molecule has 0 atom stereocenters. The number of aryl methyl sites for hydroxylation is 2. The Morgan fingerprint density at radius 1 is 1.19 bits per heavy atom. The van der Waals surface area contributed by atoms with Crippen LogP contribution in [0.5, 0.6) is 0 Å². The number of H-pyrrole nitrogens is 1. The number of nitrogens with one attached hydrogen (secondary N) is 2. The molecule has 3 aromatic rings. The first-order valence-corrected chi connectivity index (χ1v) is 11.3. The highest BCUT2D eigenvalue weighted by Crippen LogP contribution is 2.36. The molecule has 0 radical (unpaired) electrons. The highest BCUT2D eigenvalue weighted by molar-refractivity contribution is 5.98. The fourth-order valence-corrected chi connectivity index (χ4v) is 5.23. The van der Waals surface area contributed by atoms with Crippen LogP contribution in [-0.2, 0) is 17.6 Å². The number of nitrogens with zero attached hydrogens (tertiary/aromatic N) is 4. The van der Waals surface area contributed by atoms with Crippen LogP contribution in [0.2, 0.25) is 0 Å². The van der Waals surface area contributed by atoms with E-state index < -0.39 is 5.54 Å². The lowest BCUT2D eigenvalue weighted by Gasteiger charge is -2.45. The number of amides is 1. The minimum absolute atomic E-state index is 0.0976. The summed E-state index contributed by atoms with van der Waals surface area (Å²) in [5.74, 6) is 0.506. The van der Waals surface area contributed by atoms with E-state index in [9.17, 15) is 9.18 Å². The molecule has 1 fully saturated rings. The van der Waals surface area contributed by atoms with Crippen molar-refractivity contribution in [1.29, 1.82) is 0 Å². The number of aromatic amines is 1. The number of halogens is 1. The molecule has 1 aliphatic heterocycles. The first-order chi connectivity index (χ1) is 15.5. The molecule has 8 heteroatoms. The third-order valence-corrected chi connectivity index (χ3v) is 7.12. The monoisotopic (exact) mass is 436 g/mol. The molecule has 1 amide bonds. The van der Waals surface area contributed by atoms with Crippen molar-refractivity contribution in [3.05, 3.63) is 47.7 Å². The van der Waals surface area contributed by atoms with Crippen molar-refractivity contribution in [3.8, 4) is 0 Å². The molecule has 3 heterocycles. The van der Waals surface area contributed by atoms with Gasteiger partial charge in [0, 0.05) is 24.5 Å². The zero-order valence-electron chi connectivity index (χ0n) is 18.6. The van der Waals surface area contributed by atoms with Crippen molar-refractivity contribution in [2.75, 3.05) is 37.4 Å². The standard InChI is InChI=1S/C24H29FN6O/c1-30(2)24(23(32)28-17-7-5-6-16(25)14-17)10-12-31(13-11-24)22-20-18-8-3-4-9-19(18)29-21(20)26-15-27-22/h5-7,14-15H,3-4,8-13H2,1-2H3,(H,28,32)(H,26,27,29). The van der Waals surface area contributed by atoms with E-state index in [1.807, 2.05) is 19.0 Å². The summed E-state index contributed by atoms with van der Waals surface area (Å²) in [6.45, 7) is 1.42. The molecular formula is C24H29FN6O. The Labute approximate surface area is 187 Å². The van der Waals surface area contributed by atoms with Crippen LogP contribution in [0, 0.1) is 5.82 Å². The molecule has 0 bridgehead atoms. The number of benzene rings is 1. The normalized spacial score (nSPS) is 18.1. The van der Waals surface area contributed by atoms with Crippen molar-refractivity contribution >= 4 is 28.4 Å². The molecule has 1 aromatic carbocycles. The lowest BCUT2D eigenvalue weighted by molar-refractivity contribution is -0.127. The van der Waals surface area contributed by atoms with E-state index in [-0.39, 0.29) is 11.7 Å². The van der Waals surface area contributed by atoms with Crippen molar-refractivity contribution in [2.24, 2.45) is 0 Å². The summed E-state index contributed by atoms with van der Waals surface area (Å²) in [6, 6.07) is 6.04. The quantitative estimate of drug-likeness (QED) is 0.655. The molecule has 32 heavy (non-hydrogen) atoms. The molecule has 2 N–H and O–H groups in total. The van der Waals surface area contributed by atoms with E-state index in [4.69, 9.17) is 0 Å². The molecule has 2 aliphatic rings. The van der Waals surface area contributed by atoms with Gasteiger partial charge in [-0.1, -0.05) is 6.07 Å². The van der Waals surface area contributed by atoms with Crippen LogP contribution >= 0.6 is 0 Å². The minimum atomic E-state index is -0.660. The lowest BCUT2D eigenvalue weighted by Crippen LogP contribution is -2.59. The molecule has 5 rings (SSSR count). The largest absolute Gasteiger partial charge is 0.356 e.